The van der Waals surface area contributed by atoms with E-state index < -0.39 is 0 Å². The van der Waals surface area contributed by atoms with E-state index in [0.717, 1.165) is 0 Å². The van der Waals surface area contributed by atoms with E-state index in [2.05, 4.69) is 20.8 Å². The minimum atomic E-state index is -0.171. The van der Waals surface area contributed by atoms with E-state index in [1.165, 1.54) is 18.1 Å². The second kappa shape index (κ2) is 16.0. The fourth-order valence-corrected chi connectivity index (χ4v) is 2.60. The number of halogens is 3. The third-order valence-corrected chi connectivity index (χ3v) is 5.20. The zero-order valence-electron chi connectivity index (χ0n) is 6.92. The Labute approximate surface area is 62.7 Å². The van der Waals surface area contributed by atoms with Gasteiger partial charge in [-0.1, -0.05) is 38.9 Å². The Morgan fingerprint density at radius 3 is 0.900 bits per heavy atom. The minimum Gasteiger partial charge on any atom is -0.269 e. The van der Waals surface area contributed by atoms with Gasteiger partial charge in [0.2, 0.25) is 0 Å². The van der Waals surface area contributed by atoms with Gasteiger partial charge in [0.15, 0.2) is 0 Å². The highest BCUT2D eigenvalue weighted by molar-refractivity contribution is 6.58. The average Bonchev–Trinajstić information content (AvgIpc) is 1.72. The lowest BCUT2D eigenvalue weighted by Crippen LogP contribution is -2.04. The second-order valence-electron chi connectivity index (χ2n) is 2.09. The molecule has 0 radical (unpaired) electrons. The minimum absolute atomic E-state index is 0. The molecule has 0 fully saturated rings. The lowest BCUT2D eigenvalue weighted by atomic mass is 10.9. The zero-order chi connectivity index (χ0) is 5.70. The monoisotopic (exact) mass is 176 g/mol. The van der Waals surface area contributed by atoms with Crippen LogP contribution in [0.15, 0.2) is 0 Å². The molecule has 0 saturated carbocycles. The fourth-order valence-electron chi connectivity index (χ4n) is 0.866. The highest BCUT2D eigenvalue weighted by atomic mass is 28.3. The van der Waals surface area contributed by atoms with Crippen LogP contribution in [0.4, 0.5) is 14.1 Å². The van der Waals surface area contributed by atoms with Crippen LogP contribution in [0, 0.1) is 0 Å². The van der Waals surface area contributed by atoms with Crippen molar-refractivity contribution in [1.29, 1.82) is 0 Å². The molecule has 0 atom stereocenters. The van der Waals surface area contributed by atoms with Crippen LogP contribution >= 0.6 is 0 Å². The summed E-state index contributed by atoms with van der Waals surface area (Å²) >= 11 is 0. The quantitative estimate of drug-likeness (QED) is 0.580. The van der Waals surface area contributed by atoms with Gasteiger partial charge in [0.05, 0.1) is 0 Å². The third kappa shape index (κ3) is 10.9. The third-order valence-electron chi connectivity index (χ3n) is 1.73. The molecule has 0 N–H and O–H groups in total. The molecule has 0 aliphatic carbocycles. The molecule has 10 heavy (non-hydrogen) atoms. The van der Waals surface area contributed by atoms with Crippen molar-refractivity contribution in [2.75, 3.05) is 0 Å². The molecule has 0 amide bonds. The lowest BCUT2D eigenvalue weighted by Gasteiger charge is -2.03. The Balaban J connectivity index is -0.0000000600. The molecule has 0 aromatic rings. The van der Waals surface area contributed by atoms with E-state index in [9.17, 15) is 0 Å². The van der Waals surface area contributed by atoms with Crippen LogP contribution in [-0.2, 0) is 0 Å². The van der Waals surface area contributed by atoms with Crippen molar-refractivity contribution in [2.45, 2.75) is 38.9 Å². The van der Waals surface area contributed by atoms with Gasteiger partial charge in [-0.05, 0) is 0 Å². The summed E-state index contributed by atoms with van der Waals surface area (Å²) in [4.78, 5) is 0. The average molecular weight is 176 g/mol. The zero-order valence-corrected chi connectivity index (χ0v) is 8.08. The van der Waals surface area contributed by atoms with Crippen LogP contribution in [0.3, 0.4) is 0 Å². The Bertz CT molecular complexity index is 34.5. The molecule has 0 saturated heterocycles. The molecule has 0 spiro atoms. The first kappa shape index (κ1) is 22.5. The first-order valence-corrected chi connectivity index (χ1v) is 5.80. The van der Waals surface area contributed by atoms with Crippen molar-refractivity contribution in [3.05, 3.63) is 0 Å². The van der Waals surface area contributed by atoms with Gasteiger partial charge in [-0.15, -0.1) is 0 Å². The Morgan fingerprint density at radius 1 is 0.700 bits per heavy atom. The van der Waals surface area contributed by atoms with Crippen molar-refractivity contribution in [3.8, 4) is 0 Å². The molecular weight excluding hydrogens is 157 g/mol. The van der Waals surface area contributed by atoms with Crippen LogP contribution in [0.5, 0.6) is 0 Å². The fraction of sp³-hybridized carbons (Fsp3) is 1.00. The SMILES string of the molecule is CC[SiH](CC)CC.F.F.F. The van der Waals surface area contributed by atoms with Gasteiger partial charge in [-0.2, -0.15) is 0 Å². The van der Waals surface area contributed by atoms with Crippen LogP contribution in [0.1, 0.15) is 20.8 Å². The Hall–Kier alpha value is 0.00688. The summed E-state index contributed by atoms with van der Waals surface area (Å²) in [5, 5.41) is 0. The molecule has 0 heterocycles. The molecule has 0 bridgehead atoms. The first-order chi connectivity index (χ1) is 3.35. The van der Waals surface area contributed by atoms with E-state index in [-0.39, 0.29) is 22.9 Å². The molecule has 0 rings (SSSR count). The van der Waals surface area contributed by atoms with E-state index >= 15 is 0 Å². The molecule has 0 aliphatic heterocycles. The van der Waals surface area contributed by atoms with Gasteiger partial charge in [-0.3, -0.25) is 14.1 Å². The van der Waals surface area contributed by atoms with Crippen molar-refractivity contribution in [1.82, 2.24) is 0 Å². The Morgan fingerprint density at radius 2 is 0.900 bits per heavy atom. The predicted molar refractivity (Wildman–Crippen MR) is 46.1 cm³/mol. The van der Waals surface area contributed by atoms with Crippen molar-refractivity contribution < 1.29 is 14.1 Å². The highest BCUT2D eigenvalue weighted by Gasteiger charge is 1.98. The van der Waals surface area contributed by atoms with Crippen molar-refractivity contribution >= 4 is 8.80 Å². The van der Waals surface area contributed by atoms with Crippen LogP contribution in [-0.4, -0.2) is 8.80 Å². The summed E-state index contributed by atoms with van der Waals surface area (Å²) in [5.41, 5.74) is 0. The number of rotatable bonds is 3. The number of hydrogen-bond acceptors (Lipinski definition) is 0. The van der Waals surface area contributed by atoms with Gasteiger partial charge in [0.1, 0.15) is 0 Å². The summed E-state index contributed by atoms with van der Waals surface area (Å²) in [6.45, 7) is 6.97. The normalized spacial score (nSPS) is 7.20. The summed E-state index contributed by atoms with van der Waals surface area (Å²) in [5.74, 6) is 0. The molecule has 0 aliphatic rings. The van der Waals surface area contributed by atoms with Crippen molar-refractivity contribution in [2.24, 2.45) is 0 Å². The first-order valence-electron chi connectivity index (χ1n) is 3.35. The maximum Gasteiger partial charge on any atom is 0.0359 e. The van der Waals surface area contributed by atoms with Crippen LogP contribution in [0.25, 0.3) is 0 Å². The lowest BCUT2D eigenvalue weighted by molar-refractivity contribution is 1.11. The van der Waals surface area contributed by atoms with E-state index in [1.807, 2.05) is 0 Å². The van der Waals surface area contributed by atoms with Gasteiger partial charge < -0.3 is 0 Å². The highest BCUT2D eigenvalue weighted by Crippen LogP contribution is 2.01. The van der Waals surface area contributed by atoms with Gasteiger partial charge in [0.25, 0.3) is 0 Å². The topological polar surface area (TPSA) is 0 Å². The Kier molecular flexibility index (Phi) is 36.0. The van der Waals surface area contributed by atoms with Crippen LogP contribution < -0.4 is 0 Å². The maximum atomic E-state index is 2.32. The summed E-state index contributed by atoms with van der Waals surface area (Å²) in [6, 6.07) is 4.48. The standard InChI is InChI=1S/C6H16Si.3FH/c1-4-7(5-2)6-3;;;/h7H,4-6H2,1-3H3;3*1H. The molecular formula is C6H19F3Si. The summed E-state index contributed by atoms with van der Waals surface area (Å²) in [6.07, 6.45) is 0. The van der Waals surface area contributed by atoms with E-state index in [0.29, 0.717) is 0 Å². The smallest absolute Gasteiger partial charge is 0.0359 e. The largest absolute Gasteiger partial charge is 0.269 e. The van der Waals surface area contributed by atoms with E-state index in [4.69, 9.17) is 0 Å². The van der Waals surface area contributed by atoms with Gasteiger partial charge in [-0.25, -0.2) is 0 Å². The molecule has 0 aromatic carbocycles. The van der Waals surface area contributed by atoms with E-state index in [1.54, 1.807) is 0 Å². The van der Waals surface area contributed by atoms with Crippen molar-refractivity contribution in [3.63, 3.8) is 0 Å². The summed E-state index contributed by atoms with van der Waals surface area (Å²) < 4.78 is 0. The molecule has 0 unspecified atom stereocenters. The maximum absolute atomic E-state index is 2.32. The van der Waals surface area contributed by atoms with Gasteiger partial charge in [0, 0.05) is 8.80 Å². The number of hydrogen-bond donors (Lipinski definition) is 0. The molecule has 0 aromatic heterocycles. The van der Waals surface area contributed by atoms with Gasteiger partial charge >= 0.3 is 0 Å². The predicted octanol–water partition coefficient (Wildman–Crippen LogP) is 2.73. The van der Waals surface area contributed by atoms with Crippen LogP contribution in [0.2, 0.25) is 18.1 Å². The summed E-state index contributed by atoms with van der Waals surface area (Å²) in [7, 11) is -0.171. The molecule has 68 valence electrons. The second-order valence-corrected chi connectivity index (χ2v) is 6.27. The molecule has 4 heteroatoms. The molecule has 0 nitrogen and oxygen atoms in total.